The summed E-state index contributed by atoms with van der Waals surface area (Å²) in [6.07, 6.45) is 9.27. The number of primary amides is 1. The molecule has 0 radical (unpaired) electrons. The van der Waals surface area contributed by atoms with Gasteiger partial charge in [0, 0.05) is 11.6 Å². The zero-order valence-corrected chi connectivity index (χ0v) is 13.7. The maximum absolute atomic E-state index is 11.2. The minimum Gasteiger partial charge on any atom is -0.389 e. The van der Waals surface area contributed by atoms with Crippen molar-refractivity contribution >= 4 is 5.91 Å². The molecule has 4 nitrogen and oxygen atoms in total. The minimum absolute atomic E-state index is 0.318. The molecule has 1 aliphatic carbocycles. The highest BCUT2D eigenvalue weighted by molar-refractivity contribution is 5.92. The molecular weight excluding hydrogens is 288 g/mol. The molecule has 4 heteroatoms. The van der Waals surface area contributed by atoms with E-state index in [9.17, 15) is 9.90 Å². The third-order valence-corrected chi connectivity index (χ3v) is 4.14. The highest BCUT2D eigenvalue weighted by Gasteiger charge is 2.07. The largest absolute Gasteiger partial charge is 0.389 e. The topological polar surface area (TPSA) is 75.4 Å². The molecule has 1 aliphatic rings. The second kappa shape index (κ2) is 8.65. The lowest BCUT2D eigenvalue weighted by molar-refractivity contribution is 0.1000. The van der Waals surface area contributed by atoms with E-state index in [2.05, 4.69) is 18.3 Å². The molecule has 2 atom stereocenters. The third kappa shape index (κ3) is 6.00. The number of allylic oxidation sites excluding steroid dienone is 1. The standard InChI is InChI=1S/C19H26N2O2/c1-14(21-12-11-15-7-9-18(22)10-8-15)5-6-16-3-2-4-17(13-16)19(20)23/h2-4,7-9,13-14,18,21-22H,5-6,10-12H2,1H3,(H2,20,23). The molecule has 0 aliphatic heterocycles. The molecule has 0 spiro atoms. The number of carbonyl (C=O) groups excluding carboxylic acids is 1. The van der Waals surface area contributed by atoms with E-state index in [1.165, 1.54) is 5.57 Å². The Morgan fingerprint density at radius 3 is 2.96 bits per heavy atom. The van der Waals surface area contributed by atoms with Gasteiger partial charge >= 0.3 is 0 Å². The Morgan fingerprint density at radius 2 is 2.26 bits per heavy atom. The molecule has 1 aromatic carbocycles. The van der Waals surface area contributed by atoms with Crippen LogP contribution in [0.3, 0.4) is 0 Å². The van der Waals surface area contributed by atoms with E-state index < -0.39 is 0 Å². The van der Waals surface area contributed by atoms with E-state index in [4.69, 9.17) is 5.73 Å². The summed E-state index contributed by atoms with van der Waals surface area (Å²) in [7, 11) is 0. The van der Waals surface area contributed by atoms with Crippen LogP contribution in [0.25, 0.3) is 0 Å². The summed E-state index contributed by atoms with van der Waals surface area (Å²) < 4.78 is 0. The first-order valence-corrected chi connectivity index (χ1v) is 8.22. The summed E-state index contributed by atoms with van der Waals surface area (Å²) in [5.41, 5.74) is 8.30. The van der Waals surface area contributed by atoms with E-state index in [0.717, 1.165) is 37.8 Å². The molecular formula is C19H26N2O2. The van der Waals surface area contributed by atoms with Crippen molar-refractivity contribution in [3.8, 4) is 0 Å². The Balaban J connectivity index is 1.69. The first kappa shape index (κ1) is 17.4. The van der Waals surface area contributed by atoms with E-state index in [-0.39, 0.29) is 12.0 Å². The van der Waals surface area contributed by atoms with Crippen molar-refractivity contribution in [1.29, 1.82) is 0 Å². The normalized spacial score (nSPS) is 18.5. The first-order valence-electron chi connectivity index (χ1n) is 8.22. The average Bonchev–Trinajstić information content (AvgIpc) is 2.55. The molecule has 0 fully saturated rings. The van der Waals surface area contributed by atoms with Crippen LogP contribution in [0.4, 0.5) is 0 Å². The number of nitrogens with two attached hydrogens (primary N) is 1. The zero-order chi connectivity index (χ0) is 16.7. The van der Waals surface area contributed by atoms with Crippen LogP contribution in [0.5, 0.6) is 0 Å². The molecule has 1 amide bonds. The van der Waals surface area contributed by atoms with Gasteiger partial charge in [0.2, 0.25) is 5.91 Å². The number of aliphatic hydroxyl groups excluding tert-OH is 1. The lowest BCUT2D eigenvalue weighted by Gasteiger charge is -2.16. The smallest absolute Gasteiger partial charge is 0.248 e. The third-order valence-electron chi connectivity index (χ3n) is 4.14. The first-order chi connectivity index (χ1) is 11.0. The molecule has 0 heterocycles. The molecule has 1 aromatic rings. The molecule has 2 rings (SSSR count). The number of hydrogen-bond acceptors (Lipinski definition) is 3. The summed E-state index contributed by atoms with van der Waals surface area (Å²) in [5.74, 6) is -0.378. The van der Waals surface area contributed by atoms with Crippen LogP contribution in [-0.2, 0) is 6.42 Å². The summed E-state index contributed by atoms with van der Waals surface area (Å²) in [5, 5.41) is 12.9. The number of carbonyl (C=O) groups is 1. The highest BCUT2D eigenvalue weighted by Crippen LogP contribution is 2.13. The molecule has 0 bridgehead atoms. The SMILES string of the molecule is CC(CCc1cccc(C(N)=O)c1)NCCC1=CCC(O)C=C1. The Bertz CT molecular complexity index is 593. The van der Waals surface area contributed by atoms with E-state index in [1.807, 2.05) is 30.4 Å². The minimum atomic E-state index is -0.378. The van der Waals surface area contributed by atoms with Crippen LogP contribution in [0.1, 0.15) is 42.1 Å². The molecule has 124 valence electrons. The maximum Gasteiger partial charge on any atom is 0.248 e. The number of aryl methyl sites for hydroxylation is 1. The molecule has 2 unspecified atom stereocenters. The number of benzene rings is 1. The molecule has 0 saturated carbocycles. The van der Waals surface area contributed by atoms with E-state index >= 15 is 0 Å². The molecule has 23 heavy (non-hydrogen) atoms. The van der Waals surface area contributed by atoms with Crippen molar-refractivity contribution in [3.63, 3.8) is 0 Å². The summed E-state index contributed by atoms with van der Waals surface area (Å²) in [4.78, 5) is 11.2. The monoisotopic (exact) mass is 314 g/mol. The van der Waals surface area contributed by atoms with Gasteiger partial charge in [0.05, 0.1) is 6.10 Å². The van der Waals surface area contributed by atoms with Gasteiger partial charge in [-0.25, -0.2) is 0 Å². The summed E-state index contributed by atoms with van der Waals surface area (Å²) in [6.45, 7) is 3.10. The highest BCUT2D eigenvalue weighted by atomic mass is 16.3. The average molecular weight is 314 g/mol. The lowest BCUT2D eigenvalue weighted by atomic mass is 10.0. The Morgan fingerprint density at radius 1 is 1.43 bits per heavy atom. The molecule has 4 N–H and O–H groups in total. The number of hydrogen-bond donors (Lipinski definition) is 3. The lowest BCUT2D eigenvalue weighted by Crippen LogP contribution is -2.27. The van der Waals surface area contributed by atoms with Crippen molar-refractivity contribution in [2.45, 2.75) is 44.8 Å². The number of aliphatic hydroxyl groups is 1. The summed E-state index contributed by atoms with van der Waals surface area (Å²) in [6, 6.07) is 7.94. The van der Waals surface area contributed by atoms with Gasteiger partial charge < -0.3 is 16.2 Å². The quantitative estimate of drug-likeness (QED) is 0.689. The van der Waals surface area contributed by atoms with Crippen LogP contribution < -0.4 is 11.1 Å². The molecule has 0 aromatic heterocycles. The zero-order valence-electron chi connectivity index (χ0n) is 13.7. The van der Waals surface area contributed by atoms with Gasteiger partial charge in [-0.1, -0.05) is 35.9 Å². The fraction of sp³-hybridized carbons (Fsp3) is 0.421. The summed E-state index contributed by atoms with van der Waals surface area (Å²) >= 11 is 0. The van der Waals surface area contributed by atoms with Crippen LogP contribution in [-0.4, -0.2) is 29.7 Å². The fourth-order valence-corrected chi connectivity index (χ4v) is 2.67. The number of rotatable bonds is 8. The number of amides is 1. The van der Waals surface area contributed by atoms with Gasteiger partial charge in [0.25, 0.3) is 0 Å². The van der Waals surface area contributed by atoms with Gasteiger partial charge in [-0.2, -0.15) is 0 Å². The maximum atomic E-state index is 11.2. The van der Waals surface area contributed by atoms with Crippen molar-refractivity contribution in [2.24, 2.45) is 5.73 Å². The second-order valence-electron chi connectivity index (χ2n) is 6.15. The van der Waals surface area contributed by atoms with Crippen LogP contribution in [0.15, 0.2) is 48.1 Å². The van der Waals surface area contributed by atoms with Gasteiger partial charge in [-0.05, 0) is 56.8 Å². The predicted molar refractivity (Wildman–Crippen MR) is 93.2 cm³/mol. The van der Waals surface area contributed by atoms with Crippen LogP contribution >= 0.6 is 0 Å². The fourth-order valence-electron chi connectivity index (χ4n) is 2.67. The van der Waals surface area contributed by atoms with Crippen LogP contribution in [0, 0.1) is 0 Å². The van der Waals surface area contributed by atoms with Crippen molar-refractivity contribution in [3.05, 3.63) is 59.2 Å². The van der Waals surface area contributed by atoms with Crippen molar-refractivity contribution in [2.75, 3.05) is 6.54 Å². The predicted octanol–water partition coefficient (Wildman–Crippen LogP) is 2.33. The number of nitrogens with one attached hydrogen (secondary N) is 1. The van der Waals surface area contributed by atoms with Gasteiger partial charge in [-0.3, -0.25) is 4.79 Å². The Labute approximate surface area is 138 Å². The van der Waals surface area contributed by atoms with E-state index in [0.29, 0.717) is 11.6 Å². The van der Waals surface area contributed by atoms with Crippen LogP contribution in [0.2, 0.25) is 0 Å². The van der Waals surface area contributed by atoms with Gasteiger partial charge in [0.15, 0.2) is 0 Å². The Kier molecular flexibility index (Phi) is 6.56. The Hall–Kier alpha value is -1.91. The molecule has 0 saturated heterocycles. The van der Waals surface area contributed by atoms with Gasteiger partial charge in [0.1, 0.15) is 0 Å². The van der Waals surface area contributed by atoms with Crippen molar-refractivity contribution in [1.82, 2.24) is 5.32 Å². The van der Waals surface area contributed by atoms with Gasteiger partial charge in [-0.15, -0.1) is 0 Å². The van der Waals surface area contributed by atoms with Crippen molar-refractivity contribution < 1.29 is 9.90 Å². The van der Waals surface area contributed by atoms with E-state index in [1.54, 1.807) is 6.07 Å². The second-order valence-corrected chi connectivity index (χ2v) is 6.15.